The molecule has 1 fully saturated rings. The predicted octanol–water partition coefficient (Wildman–Crippen LogP) is 3.30. The quantitative estimate of drug-likeness (QED) is 0.670. The second kappa shape index (κ2) is 10.1. The van der Waals surface area contributed by atoms with E-state index in [4.69, 9.17) is 9.47 Å². The number of methoxy groups -OCH3 is 1. The molecule has 1 aliphatic heterocycles. The van der Waals surface area contributed by atoms with Crippen LogP contribution < -0.4 is 5.32 Å². The van der Waals surface area contributed by atoms with E-state index in [1.54, 1.807) is 25.7 Å². The molecule has 1 heterocycles. The van der Waals surface area contributed by atoms with Crippen molar-refractivity contribution in [1.82, 2.24) is 10.2 Å². The molecule has 0 bridgehead atoms. The Morgan fingerprint density at radius 3 is 2.66 bits per heavy atom. The molecule has 1 aromatic rings. The lowest BCUT2D eigenvalue weighted by Crippen LogP contribution is -2.53. The van der Waals surface area contributed by atoms with Gasteiger partial charge in [0.15, 0.2) is 0 Å². The SMILES string of the molecule is COC(=O)[C@@H]1CCCN(C(=O)[C@H](Cc2cccc(Br)c2)NC(=O)OC(C)(C)C)C1. The zero-order valence-electron chi connectivity index (χ0n) is 17.4. The van der Waals surface area contributed by atoms with Crippen molar-refractivity contribution in [3.05, 3.63) is 34.3 Å². The number of carbonyl (C=O) groups excluding carboxylic acids is 3. The van der Waals surface area contributed by atoms with Gasteiger partial charge in [-0.05, 0) is 51.3 Å². The average Bonchev–Trinajstić information content (AvgIpc) is 2.65. The Hall–Kier alpha value is -2.09. The van der Waals surface area contributed by atoms with Crippen LogP contribution in [0.4, 0.5) is 4.79 Å². The van der Waals surface area contributed by atoms with Crippen LogP contribution in [0, 0.1) is 5.92 Å². The lowest BCUT2D eigenvalue weighted by Gasteiger charge is -2.34. The molecule has 0 aliphatic carbocycles. The normalized spacial score (nSPS) is 18.0. The number of nitrogens with zero attached hydrogens (tertiary/aromatic N) is 1. The van der Waals surface area contributed by atoms with Crippen molar-refractivity contribution in [2.75, 3.05) is 20.2 Å². The monoisotopic (exact) mass is 468 g/mol. The summed E-state index contributed by atoms with van der Waals surface area (Å²) in [6.45, 7) is 6.13. The molecule has 1 N–H and O–H groups in total. The molecule has 0 saturated carbocycles. The number of hydrogen-bond acceptors (Lipinski definition) is 5. The van der Waals surface area contributed by atoms with Crippen LogP contribution in [0.3, 0.4) is 0 Å². The minimum absolute atomic E-state index is 0.232. The molecule has 7 nitrogen and oxygen atoms in total. The first-order valence-corrected chi connectivity index (χ1v) is 10.5. The van der Waals surface area contributed by atoms with Gasteiger partial charge in [0.2, 0.25) is 5.91 Å². The number of rotatable bonds is 5. The Labute approximate surface area is 180 Å². The number of hydrogen-bond donors (Lipinski definition) is 1. The molecule has 2 rings (SSSR count). The van der Waals surface area contributed by atoms with Gasteiger partial charge >= 0.3 is 12.1 Å². The Morgan fingerprint density at radius 1 is 1.31 bits per heavy atom. The summed E-state index contributed by atoms with van der Waals surface area (Å²) in [6.07, 6.45) is 1.07. The smallest absolute Gasteiger partial charge is 0.408 e. The molecule has 1 saturated heterocycles. The third kappa shape index (κ3) is 7.34. The summed E-state index contributed by atoms with van der Waals surface area (Å²) in [4.78, 5) is 39.1. The maximum atomic E-state index is 13.2. The molecule has 0 spiro atoms. The number of alkyl carbamates (subject to hydrolysis) is 1. The van der Waals surface area contributed by atoms with E-state index >= 15 is 0 Å². The van der Waals surface area contributed by atoms with Crippen LogP contribution in [0.5, 0.6) is 0 Å². The largest absolute Gasteiger partial charge is 0.469 e. The number of esters is 1. The fourth-order valence-corrected chi connectivity index (χ4v) is 3.75. The number of nitrogens with one attached hydrogen (secondary N) is 1. The van der Waals surface area contributed by atoms with Crippen LogP contribution in [0.15, 0.2) is 28.7 Å². The molecule has 2 atom stereocenters. The van der Waals surface area contributed by atoms with E-state index in [2.05, 4.69) is 21.2 Å². The number of amides is 2. The summed E-state index contributed by atoms with van der Waals surface area (Å²) < 4.78 is 11.1. The first-order chi connectivity index (χ1) is 13.6. The number of likely N-dealkylation sites (tertiary alicyclic amines) is 1. The minimum Gasteiger partial charge on any atom is -0.469 e. The van der Waals surface area contributed by atoms with Gasteiger partial charge in [-0.15, -0.1) is 0 Å². The summed E-state index contributed by atoms with van der Waals surface area (Å²) in [5.41, 5.74) is 0.226. The second-order valence-electron chi connectivity index (χ2n) is 8.18. The highest BCUT2D eigenvalue weighted by Gasteiger charge is 2.33. The maximum absolute atomic E-state index is 13.2. The van der Waals surface area contributed by atoms with Crippen LogP contribution in [-0.4, -0.2) is 54.7 Å². The molecule has 1 aliphatic rings. The molecular formula is C21H29BrN2O5. The lowest BCUT2D eigenvalue weighted by molar-refractivity contribution is -0.149. The highest BCUT2D eigenvalue weighted by molar-refractivity contribution is 9.10. The summed E-state index contributed by atoms with van der Waals surface area (Å²) in [7, 11) is 1.35. The molecule has 160 valence electrons. The standard InChI is InChI=1S/C21H29BrN2O5/c1-21(2,3)29-20(27)23-17(12-14-7-5-9-16(22)11-14)18(25)24-10-6-8-15(13-24)19(26)28-4/h5,7,9,11,15,17H,6,8,10,12-13H2,1-4H3,(H,23,27)/t15-,17+/m1/s1. The van der Waals surface area contributed by atoms with E-state index in [0.29, 0.717) is 25.8 Å². The van der Waals surface area contributed by atoms with Gasteiger partial charge in [0.05, 0.1) is 13.0 Å². The van der Waals surface area contributed by atoms with Gasteiger partial charge in [-0.2, -0.15) is 0 Å². The van der Waals surface area contributed by atoms with Crippen LogP contribution in [0.1, 0.15) is 39.2 Å². The third-order valence-electron chi connectivity index (χ3n) is 4.59. The van der Waals surface area contributed by atoms with E-state index < -0.39 is 17.7 Å². The van der Waals surface area contributed by atoms with Crippen molar-refractivity contribution >= 4 is 33.9 Å². The van der Waals surface area contributed by atoms with Gasteiger partial charge in [-0.1, -0.05) is 28.1 Å². The number of ether oxygens (including phenoxy) is 2. The number of piperidine rings is 1. The van der Waals surface area contributed by atoms with Crippen LogP contribution in [-0.2, 0) is 25.5 Å². The minimum atomic E-state index is -0.796. The third-order valence-corrected chi connectivity index (χ3v) is 5.08. The fourth-order valence-electron chi connectivity index (χ4n) is 3.31. The highest BCUT2D eigenvalue weighted by Crippen LogP contribution is 2.20. The summed E-state index contributed by atoms with van der Waals surface area (Å²) in [5, 5.41) is 2.71. The number of carbonyl (C=O) groups is 3. The van der Waals surface area contributed by atoms with Gasteiger partial charge in [-0.25, -0.2) is 4.79 Å². The van der Waals surface area contributed by atoms with Gasteiger partial charge < -0.3 is 19.7 Å². The molecule has 8 heteroatoms. The summed E-state index contributed by atoms with van der Waals surface area (Å²) in [5.74, 6) is -0.888. The Balaban J connectivity index is 2.17. The lowest BCUT2D eigenvalue weighted by atomic mass is 9.96. The predicted molar refractivity (Wildman–Crippen MR) is 112 cm³/mol. The first-order valence-electron chi connectivity index (χ1n) is 9.69. The zero-order valence-corrected chi connectivity index (χ0v) is 19.0. The Morgan fingerprint density at radius 2 is 2.03 bits per heavy atom. The van der Waals surface area contributed by atoms with Gasteiger partial charge in [0.25, 0.3) is 0 Å². The Bertz CT molecular complexity index is 747. The van der Waals surface area contributed by atoms with Gasteiger partial charge in [0, 0.05) is 24.0 Å². The molecule has 2 amide bonds. The van der Waals surface area contributed by atoms with E-state index in [0.717, 1.165) is 10.0 Å². The maximum Gasteiger partial charge on any atom is 0.408 e. The molecule has 29 heavy (non-hydrogen) atoms. The van der Waals surface area contributed by atoms with Crippen LogP contribution >= 0.6 is 15.9 Å². The van der Waals surface area contributed by atoms with Crippen molar-refractivity contribution in [1.29, 1.82) is 0 Å². The van der Waals surface area contributed by atoms with Crippen LogP contribution in [0.2, 0.25) is 0 Å². The summed E-state index contributed by atoms with van der Waals surface area (Å²) >= 11 is 3.43. The fraction of sp³-hybridized carbons (Fsp3) is 0.571. The van der Waals surface area contributed by atoms with Gasteiger partial charge in [-0.3, -0.25) is 9.59 Å². The molecule has 1 aromatic carbocycles. The van der Waals surface area contributed by atoms with Crippen LogP contribution in [0.25, 0.3) is 0 Å². The van der Waals surface area contributed by atoms with E-state index in [1.807, 2.05) is 24.3 Å². The first kappa shape index (κ1) is 23.2. The average molecular weight is 469 g/mol. The molecule has 0 unspecified atom stereocenters. The topological polar surface area (TPSA) is 84.9 Å². The van der Waals surface area contributed by atoms with E-state index in [9.17, 15) is 14.4 Å². The molecular weight excluding hydrogens is 440 g/mol. The van der Waals surface area contributed by atoms with E-state index in [1.165, 1.54) is 7.11 Å². The molecule has 0 radical (unpaired) electrons. The zero-order chi connectivity index (χ0) is 21.6. The van der Waals surface area contributed by atoms with Crippen molar-refractivity contribution < 1.29 is 23.9 Å². The highest BCUT2D eigenvalue weighted by atomic mass is 79.9. The summed E-state index contributed by atoms with van der Waals surface area (Å²) in [6, 6.07) is 6.78. The van der Waals surface area contributed by atoms with Crippen molar-refractivity contribution in [2.45, 2.75) is 51.7 Å². The van der Waals surface area contributed by atoms with Crippen molar-refractivity contribution in [2.24, 2.45) is 5.92 Å². The Kier molecular flexibility index (Phi) is 8.07. The molecule has 0 aromatic heterocycles. The van der Waals surface area contributed by atoms with Gasteiger partial charge in [0.1, 0.15) is 11.6 Å². The van der Waals surface area contributed by atoms with Crippen molar-refractivity contribution in [3.63, 3.8) is 0 Å². The number of halogens is 1. The van der Waals surface area contributed by atoms with Crippen molar-refractivity contribution in [3.8, 4) is 0 Å². The number of benzene rings is 1. The second-order valence-corrected chi connectivity index (χ2v) is 9.10. The van der Waals surface area contributed by atoms with E-state index in [-0.39, 0.29) is 24.3 Å².